The van der Waals surface area contributed by atoms with Gasteiger partial charge in [0.25, 0.3) is 0 Å². The van der Waals surface area contributed by atoms with Gasteiger partial charge in [0.2, 0.25) is 0 Å². The summed E-state index contributed by atoms with van der Waals surface area (Å²) in [6.45, 7) is 9.04. The lowest BCUT2D eigenvalue weighted by Gasteiger charge is -2.39. The van der Waals surface area contributed by atoms with E-state index in [9.17, 15) is 0 Å². The van der Waals surface area contributed by atoms with Crippen LogP contribution in [0.2, 0.25) is 0 Å². The zero-order valence-electron chi connectivity index (χ0n) is 20.9. The first kappa shape index (κ1) is 23.2. The zero-order valence-corrected chi connectivity index (χ0v) is 20.9. The molecule has 0 spiro atoms. The minimum atomic E-state index is 0.671. The van der Waals surface area contributed by atoms with Gasteiger partial charge in [-0.2, -0.15) is 0 Å². The van der Waals surface area contributed by atoms with E-state index in [0.29, 0.717) is 6.04 Å². The van der Waals surface area contributed by atoms with Gasteiger partial charge in [-0.1, -0.05) is 25.1 Å². The lowest BCUT2D eigenvalue weighted by molar-refractivity contribution is 0.193. The summed E-state index contributed by atoms with van der Waals surface area (Å²) in [4.78, 5) is 9.66. The molecule has 1 N–H and O–H groups in total. The second kappa shape index (κ2) is 10.4. The lowest BCUT2D eigenvalue weighted by atomic mass is 10.0. The first-order valence-electron chi connectivity index (χ1n) is 12.5. The summed E-state index contributed by atoms with van der Waals surface area (Å²) in [6.07, 6.45) is 3.08. The van der Waals surface area contributed by atoms with Crippen LogP contribution < -0.4 is 15.0 Å². The van der Waals surface area contributed by atoms with Crippen molar-refractivity contribution >= 4 is 28.0 Å². The van der Waals surface area contributed by atoms with Crippen molar-refractivity contribution < 1.29 is 4.74 Å². The van der Waals surface area contributed by atoms with E-state index in [4.69, 9.17) is 4.74 Å². The van der Waals surface area contributed by atoms with Crippen molar-refractivity contribution in [1.29, 1.82) is 0 Å². The van der Waals surface area contributed by atoms with Crippen LogP contribution in [0, 0.1) is 0 Å². The smallest absolute Gasteiger partial charge is 0.118 e. The summed E-state index contributed by atoms with van der Waals surface area (Å²) in [7, 11) is 1.69. The number of nitrogens with one attached hydrogen (secondary N) is 1. The molecule has 5 heteroatoms. The Morgan fingerprint density at radius 3 is 2.29 bits per heavy atom. The summed E-state index contributed by atoms with van der Waals surface area (Å²) in [6, 6.07) is 26.1. The Labute approximate surface area is 208 Å². The van der Waals surface area contributed by atoms with E-state index in [-0.39, 0.29) is 0 Å². The Hall–Kier alpha value is -3.57. The molecule has 1 fully saturated rings. The number of pyridine rings is 1. The van der Waals surface area contributed by atoms with Crippen molar-refractivity contribution in [2.75, 3.05) is 43.5 Å². The number of methoxy groups -OCH3 is 1. The molecule has 5 nitrogen and oxygen atoms in total. The highest BCUT2D eigenvalue weighted by Crippen LogP contribution is 2.31. The Balaban J connectivity index is 1.33. The van der Waals surface area contributed by atoms with Crippen LogP contribution in [0.5, 0.6) is 5.75 Å². The fourth-order valence-corrected chi connectivity index (χ4v) is 4.81. The Kier molecular flexibility index (Phi) is 6.87. The number of rotatable bonds is 7. The van der Waals surface area contributed by atoms with Crippen molar-refractivity contribution in [2.24, 2.45) is 0 Å². The fraction of sp³-hybridized carbons (Fsp3) is 0.300. The van der Waals surface area contributed by atoms with Gasteiger partial charge in [0.05, 0.1) is 12.6 Å². The number of piperazine rings is 1. The minimum absolute atomic E-state index is 0.671. The van der Waals surface area contributed by atoms with E-state index in [1.165, 1.54) is 12.1 Å². The van der Waals surface area contributed by atoms with Crippen molar-refractivity contribution in [1.82, 2.24) is 9.88 Å². The predicted octanol–water partition coefficient (Wildman–Crippen LogP) is 6.57. The Morgan fingerprint density at radius 2 is 1.60 bits per heavy atom. The molecule has 1 unspecified atom stereocenters. The SMILES string of the molecule is CCC(C)N1CCN(c2ccc(Nc3ccnc4ccc(-c5ccc(OC)cc5)cc34)cc2)CC1. The zero-order chi connectivity index (χ0) is 24.2. The van der Waals surface area contributed by atoms with Crippen LogP contribution >= 0.6 is 0 Å². The van der Waals surface area contributed by atoms with Crippen molar-refractivity contribution in [3.8, 4) is 16.9 Å². The summed E-state index contributed by atoms with van der Waals surface area (Å²) in [5.41, 5.74) is 6.71. The number of ether oxygens (including phenoxy) is 1. The maximum Gasteiger partial charge on any atom is 0.118 e. The van der Waals surface area contributed by atoms with Gasteiger partial charge >= 0.3 is 0 Å². The molecular weight excluding hydrogens is 432 g/mol. The van der Waals surface area contributed by atoms with Gasteiger partial charge < -0.3 is 15.0 Å². The maximum absolute atomic E-state index is 5.30. The lowest BCUT2D eigenvalue weighted by Crippen LogP contribution is -2.49. The molecule has 0 radical (unpaired) electrons. The second-order valence-electron chi connectivity index (χ2n) is 9.27. The molecule has 2 heterocycles. The summed E-state index contributed by atoms with van der Waals surface area (Å²) in [5, 5.41) is 4.72. The molecule has 1 aromatic heterocycles. The van der Waals surface area contributed by atoms with Crippen LogP contribution in [0.3, 0.4) is 0 Å². The molecule has 180 valence electrons. The molecule has 0 amide bonds. The van der Waals surface area contributed by atoms with E-state index in [2.05, 4.69) is 88.5 Å². The van der Waals surface area contributed by atoms with Gasteiger partial charge in [-0.25, -0.2) is 0 Å². The van der Waals surface area contributed by atoms with Gasteiger partial charge in [-0.15, -0.1) is 0 Å². The van der Waals surface area contributed by atoms with Crippen LogP contribution in [-0.2, 0) is 0 Å². The number of benzene rings is 3. The third kappa shape index (κ3) is 5.10. The van der Waals surface area contributed by atoms with E-state index in [1.807, 2.05) is 24.4 Å². The molecule has 4 aromatic rings. The number of nitrogens with zero attached hydrogens (tertiary/aromatic N) is 3. The van der Waals surface area contributed by atoms with Crippen LogP contribution in [0.1, 0.15) is 20.3 Å². The van der Waals surface area contributed by atoms with Gasteiger partial charge in [-0.3, -0.25) is 9.88 Å². The Bertz CT molecular complexity index is 1260. The molecule has 3 aromatic carbocycles. The molecule has 0 bridgehead atoms. The normalized spacial score (nSPS) is 15.2. The number of fused-ring (bicyclic) bond motifs is 1. The maximum atomic E-state index is 5.30. The third-order valence-electron chi connectivity index (χ3n) is 7.20. The van der Waals surface area contributed by atoms with Gasteiger partial charge in [0.1, 0.15) is 5.75 Å². The molecule has 1 aliphatic heterocycles. The van der Waals surface area contributed by atoms with Crippen molar-refractivity contribution in [3.63, 3.8) is 0 Å². The largest absolute Gasteiger partial charge is 0.497 e. The number of anilines is 3. The predicted molar refractivity (Wildman–Crippen MR) is 147 cm³/mol. The molecule has 35 heavy (non-hydrogen) atoms. The van der Waals surface area contributed by atoms with Crippen LogP contribution in [0.25, 0.3) is 22.0 Å². The van der Waals surface area contributed by atoms with E-state index in [0.717, 1.165) is 65.3 Å². The van der Waals surface area contributed by atoms with Gasteiger partial charge in [0, 0.05) is 60.9 Å². The highest BCUT2D eigenvalue weighted by molar-refractivity contribution is 5.95. The second-order valence-corrected chi connectivity index (χ2v) is 9.27. The summed E-state index contributed by atoms with van der Waals surface area (Å²) < 4.78 is 5.30. The van der Waals surface area contributed by atoms with E-state index >= 15 is 0 Å². The van der Waals surface area contributed by atoms with Crippen LogP contribution in [0.4, 0.5) is 17.1 Å². The topological polar surface area (TPSA) is 40.6 Å². The average Bonchev–Trinajstić information content (AvgIpc) is 2.93. The number of hydrogen-bond donors (Lipinski definition) is 1. The molecule has 5 rings (SSSR count). The van der Waals surface area contributed by atoms with Crippen molar-refractivity contribution in [3.05, 3.63) is 79.0 Å². The first-order chi connectivity index (χ1) is 17.1. The minimum Gasteiger partial charge on any atom is -0.497 e. The van der Waals surface area contributed by atoms with Crippen LogP contribution in [0.15, 0.2) is 79.0 Å². The summed E-state index contributed by atoms with van der Waals surface area (Å²) in [5.74, 6) is 0.861. The highest BCUT2D eigenvalue weighted by atomic mass is 16.5. The molecule has 1 saturated heterocycles. The van der Waals surface area contributed by atoms with Crippen molar-refractivity contribution in [2.45, 2.75) is 26.3 Å². The number of aromatic nitrogens is 1. The summed E-state index contributed by atoms with van der Waals surface area (Å²) >= 11 is 0. The van der Waals surface area contributed by atoms with E-state index < -0.39 is 0 Å². The number of hydrogen-bond acceptors (Lipinski definition) is 5. The first-order valence-corrected chi connectivity index (χ1v) is 12.5. The highest BCUT2D eigenvalue weighted by Gasteiger charge is 2.20. The monoisotopic (exact) mass is 466 g/mol. The van der Waals surface area contributed by atoms with Gasteiger partial charge in [-0.05, 0) is 79.1 Å². The molecular formula is C30H34N4O. The average molecular weight is 467 g/mol. The van der Waals surface area contributed by atoms with Crippen LogP contribution in [-0.4, -0.2) is 49.2 Å². The molecule has 0 aliphatic carbocycles. The van der Waals surface area contributed by atoms with Gasteiger partial charge in [0.15, 0.2) is 0 Å². The fourth-order valence-electron chi connectivity index (χ4n) is 4.81. The van der Waals surface area contributed by atoms with E-state index in [1.54, 1.807) is 7.11 Å². The third-order valence-corrected chi connectivity index (χ3v) is 7.20. The molecule has 0 saturated carbocycles. The molecule has 1 atom stereocenters. The molecule has 1 aliphatic rings. The quantitative estimate of drug-likeness (QED) is 0.333. The standard InChI is InChI=1S/C30H34N4O/c1-4-22(2)33-17-19-34(20-18-33)26-10-8-25(9-11-26)32-30-15-16-31-29-14-7-24(21-28(29)30)23-5-12-27(35-3)13-6-23/h5-16,21-22H,4,17-20H2,1-3H3,(H,31,32). The Morgan fingerprint density at radius 1 is 0.886 bits per heavy atom.